The van der Waals surface area contributed by atoms with Gasteiger partial charge < -0.3 is 9.55 Å². The van der Waals surface area contributed by atoms with Crippen molar-refractivity contribution in [2.75, 3.05) is 0 Å². The fraction of sp³-hybridized carbons (Fsp3) is 0.385. The minimum atomic E-state index is -0.0225. The fourth-order valence-corrected chi connectivity index (χ4v) is 1.89. The lowest BCUT2D eigenvalue weighted by Crippen LogP contribution is -2.10. The summed E-state index contributed by atoms with van der Waals surface area (Å²) in [6.45, 7) is 4.95. The molecule has 0 saturated heterocycles. The van der Waals surface area contributed by atoms with Crippen LogP contribution in [0, 0.1) is 6.92 Å². The normalized spacial score (nSPS) is 10.7. The van der Waals surface area contributed by atoms with Crippen LogP contribution in [-0.4, -0.2) is 14.5 Å². The van der Waals surface area contributed by atoms with E-state index in [9.17, 15) is 4.79 Å². The van der Waals surface area contributed by atoms with E-state index in [-0.39, 0.29) is 5.56 Å². The summed E-state index contributed by atoms with van der Waals surface area (Å²) in [6.07, 6.45) is 7.43. The lowest BCUT2D eigenvalue weighted by molar-refractivity contribution is 0.646. The highest BCUT2D eigenvalue weighted by atomic mass is 16.1. The SMILES string of the molecule is CCCn1ccnc1Cc1c[nH]c(=O)c(C)c1. The van der Waals surface area contributed by atoms with Crippen LogP contribution in [0.2, 0.25) is 0 Å². The third-order valence-corrected chi connectivity index (χ3v) is 2.78. The Labute approximate surface area is 100 Å². The van der Waals surface area contributed by atoms with E-state index >= 15 is 0 Å². The van der Waals surface area contributed by atoms with E-state index in [0.717, 1.165) is 36.3 Å². The Morgan fingerprint density at radius 2 is 2.29 bits per heavy atom. The fourth-order valence-electron chi connectivity index (χ4n) is 1.89. The van der Waals surface area contributed by atoms with Gasteiger partial charge >= 0.3 is 0 Å². The van der Waals surface area contributed by atoms with Gasteiger partial charge in [-0.05, 0) is 25.0 Å². The second-order valence-electron chi connectivity index (χ2n) is 4.23. The highest BCUT2D eigenvalue weighted by molar-refractivity contribution is 5.20. The molecule has 0 bridgehead atoms. The van der Waals surface area contributed by atoms with Gasteiger partial charge in [-0.1, -0.05) is 6.92 Å². The summed E-state index contributed by atoms with van der Waals surface area (Å²) < 4.78 is 2.15. The zero-order valence-electron chi connectivity index (χ0n) is 10.2. The van der Waals surface area contributed by atoms with E-state index in [1.807, 2.05) is 25.4 Å². The van der Waals surface area contributed by atoms with Crippen molar-refractivity contribution < 1.29 is 0 Å². The van der Waals surface area contributed by atoms with E-state index in [0.29, 0.717) is 0 Å². The Hall–Kier alpha value is -1.84. The molecule has 4 heteroatoms. The zero-order chi connectivity index (χ0) is 12.3. The Balaban J connectivity index is 2.22. The van der Waals surface area contributed by atoms with Gasteiger partial charge in [0.15, 0.2) is 0 Å². The minimum Gasteiger partial charge on any atom is -0.335 e. The van der Waals surface area contributed by atoms with Gasteiger partial charge in [0.2, 0.25) is 0 Å². The van der Waals surface area contributed by atoms with Gasteiger partial charge in [0, 0.05) is 37.1 Å². The summed E-state index contributed by atoms with van der Waals surface area (Å²) in [5, 5.41) is 0. The van der Waals surface area contributed by atoms with Crippen LogP contribution < -0.4 is 5.56 Å². The van der Waals surface area contributed by atoms with Gasteiger partial charge in [-0.25, -0.2) is 4.98 Å². The van der Waals surface area contributed by atoms with Crippen LogP contribution in [0.4, 0.5) is 0 Å². The van der Waals surface area contributed by atoms with Gasteiger partial charge in [0.25, 0.3) is 5.56 Å². The molecule has 2 aromatic rings. The quantitative estimate of drug-likeness (QED) is 0.873. The molecule has 0 aliphatic rings. The third kappa shape index (κ3) is 2.64. The highest BCUT2D eigenvalue weighted by Crippen LogP contribution is 2.07. The summed E-state index contributed by atoms with van der Waals surface area (Å²) in [4.78, 5) is 18.4. The van der Waals surface area contributed by atoms with Gasteiger partial charge in [-0.15, -0.1) is 0 Å². The first kappa shape index (κ1) is 11.6. The molecule has 0 amide bonds. The number of nitrogens with one attached hydrogen (secondary N) is 1. The molecule has 0 spiro atoms. The second kappa shape index (κ2) is 4.99. The molecule has 1 N–H and O–H groups in total. The number of hydrogen-bond donors (Lipinski definition) is 1. The summed E-state index contributed by atoms with van der Waals surface area (Å²) in [6, 6.07) is 1.92. The molecular formula is C13H17N3O. The van der Waals surface area contributed by atoms with Crippen LogP contribution >= 0.6 is 0 Å². The lowest BCUT2D eigenvalue weighted by atomic mass is 10.1. The summed E-state index contributed by atoms with van der Waals surface area (Å²) in [5.41, 5.74) is 1.81. The molecule has 17 heavy (non-hydrogen) atoms. The van der Waals surface area contributed by atoms with E-state index in [1.165, 1.54) is 0 Å². The predicted octanol–water partition coefficient (Wildman–Crippen LogP) is 1.88. The van der Waals surface area contributed by atoms with Crippen molar-refractivity contribution in [3.8, 4) is 0 Å². The van der Waals surface area contributed by atoms with Crippen molar-refractivity contribution in [1.82, 2.24) is 14.5 Å². The largest absolute Gasteiger partial charge is 0.335 e. The van der Waals surface area contributed by atoms with E-state index < -0.39 is 0 Å². The van der Waals surface area contributed by atoms with Crippen molar-refractivity contribution in [1.29, 1.82) is 0 Å². The number of aryl methyl sites for hydroxylation is 2. The molecule has 2 heterocycles. The minimum absolute atomic E-state index is 0.0225. The van der Waals surface area contributed by atoms with Crippen molar-refractivity contribution >= 4 is 0 Å². The van der Waals surface area contributed by atoms with Gasteiger partial charge in [-0.3, -0.25) is 4.79 Å². The molecule has 0 unspecified atom stereocenters. The van der Waals surface area contributed by atoms with Gasteiger partial charge in [0.1, 0.15) is 5.82 Å². The molecule has 0 fully saturated rings. The smallest absolute Gasteiger partial charge is 0.250 e. The number of H-pyrrole nitrogens is 1. The summed E-state index contributed by atoms with van der Waals surface area (Å²) in [7, 11) is 0. The van der Waals surface area contributed by atoms with Crippen LogP contribution in [0.15, 0.2) is 29.5 Å². The van der Waals surface area contributed by atoms with E-state index in [4.69, 9.17) is 0 Å². The zero-order valence-corrected chi connectivity index (χ0v) is 10.2. The number of hydrogen-bond acceptors (Lipinski definition) is 2. The van der Waals surface area contributed by atoms with Crippen LogP contribution in [0.5, 0.6) is 0 Å². The Kier molecular flexibility index (Phi) is 3.42. The maximum atomic E-state index is 11.3. The lowest BCUT2D eigenvalue weighted by Gasteiger charge is -2.06. The predicted molar refractivity (Wildman–Crippen MR) is 67.1 cm³/mol. The van der Waals surface area contributed by atoms with Crippen molar-refractivity contribution in [3.63, 3.8) is 0 Å². The number of aromatic amines is 1. The Bertz CT molecular complexity index is 554. The molecule has 0 atom stereocenters. The standard InChI is InChI=1S/C13H17N3O/c1-3-5-16-6-4-14-12(16)8-11-7-10(2)13(17)15-9-11/h4,6-7,9H,3,5,8H2,1-2H3,(H,15,17). The van der Waals surface area contributed by atoms with E-state index in [2.05, 4.69) is 21.5 Å². The molecule has 0 radical (unpaired) electrons. The second-order valence-corrected chi connectivity index (χ2v) is 4.23. The summed E-state index contributed by atoms with van der Waals surface area (Å²) >= 11 is 0. The average Bonchev–Trinajstić information content (AvgIpc) is 2.72. The number of aromatic nitrogens is 3. The number of rotatable bonds is 4. The molecule has 4 nitrogen and oxygen atoms in total. The third-order valence-electron chi connectivity index (χ3n) is 2.78. The molecule has 0 aromatic carbocycles. The van der Waals surface area contributed by atoms with Crippen LogP contribution in [-0.2, 0) is 13.0 Å². The Morgan fingerprint density at radius 1 is 1.47 bits per heavy atom. The molecule has 0 aliphatic carbocycles. The molecule has 2 aromatic heterocycles. The van der Waals surface area contributed by atoms with Crippen LogP contribution in [0.25, 0.3) is 0 Å². The Morgan fingerprint density at radius 3 is 3.00 bits per heavy atom. The first-order chi connectivity index (χ1) is 8.20. The topological polar surface area (TPSA) is 50.7 Å². The molecule has 0 aliphatic heterocycles. The van der Waals surface area contributed by atoms with Gasteiger partial charge in [-0.2, -0.15) is 0 Å². The number of pyridine rings is 1. The molecule has 2 rings (SSSR count). The van der Waals surface area contributed by atoms with Crippen molar-refractivity contribution in [2.45, 2.75) is 33.2 Å². The molecule has 0 saturated carbocycles. The van der Waals surface area contributed by atoms with Gasteiger partial charge in [0.05, 0.1) is 0 Å². The molecular weight excluding hydrogens is 214 g/mol. The number of nitrogens with zero attached hydrogens (tertiary/aromatic N) is 2. The monoisotopic (exact) mass is 231 g/mol. The molecule has 90 valence electrons. The first-order valence-corrected chi connectivity index (χ1v) is 5.89. The first-order valence-electron chi connectivity index (χ1n) is 5.89. The van der Waals surface area contributed by atoms with Crippen LogP contribution in [0.1, 0.15) is 30.3 Å². The van der Waals surface area contributed by atoms with Crippen molar-refractivity contribution in [3.05, 3.63) is 52.0 Å². The summed E-state index contributed by atoms with van der Waals surface area (Å²) in [5.74, 6) is 1.04. The van der Waals surface area contributed by atoms with Crippen LogP contribution in [0.3, 0.4) is 0 Å². The van der Waals surface area contributed by atoms with E-state index in [1.54, 1.807) is 6.20 Å². The maximum absolute atomic E-state index is 11.3. The van der Waals surface area contributed by atoms with Crippen molar-refractivity contribution in [2.24, 2.45) is 0 Å². The average molecular weight is 231 g/mol. The number of imidazole rings is 1. The maximum Gasteiger partial charge on any atom is 0.250 e. The highest BCUT2D eigenvalue weighted by Gasteiger charge is 2.04.